The highest BCUT2D eigenvalue weighted by molar-refractivity contribution is 7.91. The second-order valence-corrected chi connectivity index (χ2v) is 7.74. The summed E-state index contributed by atoms with van der Waals surface area (Å²) in [6.07, 6.45) is 0.239. The Hall–Kier alpha value is -1.46. The average Bonchev–Trinajstić information content (AvgIpc) is 2.46. The van der Waals surface area contributed by atoms with Gasteiger partial charge in [0.15, 0.2) is 0 Å². The molecule has 1 N–H and O–H groups in total. The van der Waals surface area contributed by atoms with E-state index in [1.165, 1.54) is 0 Å². The summed E-state index contributed by atoms with van der Waals surface area (Å²) in [4.78, 5) is 4.44. The van der Waals surface area contributed by atoms with Gasteiger partial charge < -0.3 is 5.11 Å². The van der Waals surface area contributed by atoms with Crippen molar-refractivity contribution in [1.82, 2.24) is 4.98 Å². The highest BCUT2D eigenvalue weighted by atomic mass is 32.2. The van der Waals surface area contributed by atoms with Crippen LogP contribution in [0.2, 0.25) is 0 Å². The number of hydrogen-bond donors (Lipinski definition) is 1. The fourth-order valence-electron chi connectivity index (χ4n) is 2.41. The van der Waals surface area contributed by atoms with Crippen molar-refractivity contribution in [3.63, 3.8) is 0 Å². The van der Waals surface area contributed by atoms with E-state index in [1.54, 1.807) is 6.92 Å². The Morgan fingerprint density at radius 1 is 1.29 bits per heavy atom. The van der Waals surface area contributed by atoms with Crippen molar-refractivity contribution >= 4 is 20.7 Å². The van der Waals surface area contributed by atoms with E-state index >= 15 is 0 Å². The summed E-state index contributed by atoms with van der Waals surface area (Å²) < 4.78 is 23.0. The molecule has 114 valence electrons. The number of aryl methyl sites for hydroxylation is 1. The van der Waals surface area contributed by atoms with Gasteiger partial charge in [-0.2, -0.15) is 0 Å². The maximum absolute atomic E-state index is 11.5. The fraction of sp³-hybridized carbons (Fsp3) is 0.438. The molecule has 21 heavy (non-hydrogen) atoms. The number of hydrogen-bond acceptors (Lipinski definition) is 4. The maximum Gasteiger partial charge on any atom is 0.150 e. The summed E-state index contributed by atoms with van der Waals surface area (Å²) >= 11 is 0. The van der Waals surface area contributed by atoms with Gasteiger partial charge in [-0.05, 0) is 37.5 Å². The molecule has 1 aromatic heterocycles. The van der Waals surface area contributed by atoms with Crippen LogP contribution < -0.4 is 0 Å². The predicted octanol–water partition coefficient (Wildman–Crippen LogP) is 2.79. The molecule has 4 nitrogen and oxygen atoms in total. The number of nitrogens with zero attached hydrogens (tertiary/aromatic N) is 1. The molecule has 2 aromatic rings. The summed E-state index contributed by atoms with van der Waals surface area (Å²) in [5.74, 6) is 0.281. The van der Waals surface area contributed by atoms with Gasteiger partial charge in [-0.25, -0.2) is 8.42 Å². The summed E-state index contributed by atoms with van der Waals surface area (Å²) in [5.41, 5.74) is 2.53. The van der Waals surface area contributed by atoms with Gasteiger partial charge in [0.25, 0.3) is 0 Å². The zero-order valence-corrected chi connectivity index (χ0v) is 13.2. The number of rotatable bonds is 6. The van der Waals surface area contributed by atoms with Crippen LogP contribution in [0.25, 0.3) is 10.9 Å². The third-order valence-corrected chi connectivity index (χ3v) is 5.40. The number of aliphatic hydroxyl groups is 1. The van der Waals surface area contributed by atoms with Gasteiger partial charge in [0, 0.05) is 16.8 Å². The molecule has 0 aliphatic rings. The molecule has 0 aliphatic heterocycles. The second kappa shape index (κ2) is 6.54. The van der Waals surface area contributed by atoms with E-state index in [-0.39, 0.29) is 11.5 Å². The SMILES string of the molecule is CCS(=O)(=O)CCCC(O)c1cc(C)nc2ccccc12. The van der Waals surface area contributed by atoms with E-state index in [1.807, 2.05) is 37.3 Å². The highest BCUT2D eigenvalue weighted by Crippen LogP contribution is 2.27. The standard InChI is InChI=1S/C16H21NO3S/c1-3-21(19,20)10-6-9-16(18)14-11-12(2)17-15-8-5-4-7-13(14)15/h4-5,7-8,11,16,18H,3,6,9-10H2,1-2H3. The van der Waals surface area contributed by atoms with Crippen LogP contribution in [-0.2, 0) is 9.84 Å². The second-order valence-electron chi connectivity index (χ2n) is 5.26. The predicted molar refractivity (Wildman–Crippen MR) is 85.0 cm³/mol. The fourth-order valence-corrected chi connectivity index (χ4v) is 3.31. The summed E-state index contributed by atoms with van der Waals surface area (Å²) in [6.45, 7) is 3.54. The molecule has 0 radical (unpaired) electrons. The van der Waals surface area contributed by atoms with Gasteiger partial charge in [-0.1, -0.05) is 25.1 Å². The molecule has 2 rings (SSSR count). The zero-order chi connectivity index (χ0) is 15.5. The molecule has 0 fully saturated rings. The Labute approximate surface area is 125 Å². The van der Waals surface area contributed by atoms with Crippen LogP contribution in [0.5, 0.6) is 0 Å². The number of para-hydroxylation sites is 1. The van der Waals surface area contributed by atoms with Crippen molar-refractivity contribution in [3.05, 3.63) is 41.6 Å². The topological polar surface area (TPSA) is 67.3 Å². The molecule has 0 spiro atoms. The number of aliphatic hydroxyl groups excluding tert-OH is 1. The smallest absolute Gasteiger partial charge is 0.150 e. The minimum atomic E-state index is -2.97. The molecule has 1 heterocycles. The van der Waals surface area contributed by atoms with Crippen LogP contribution in [-0.4, -0.2) is 30.0 Å². The van der Waals surface area contributed by atoms with E-state index in [4.69, 9.17) is 0 Å². The molecule has 0 bridgehead atoms. The Balaban J connectivity index is 2.18. The van der Waals surface area contributed by atoms with Crippen LogP contribution >= 0.6 is 0 Å². The Morgan fingerprint density at radius 2 is 2.00 bits per heavy atom. The maximum atomic E-state index is 11.5. The number of pyridine rings is 1. The van der Waals surface area contributed by atoms with E-state index in [9.17, 15) is 13.5 Å². The van der Waals surface area contributed by atoms with Crippen LogP contribution in [0.3, 0.4) is 0 Å². The van der Waals surface area contributed by atoms with Gasteiger partial charge >= 0.3 is 0 Å². The van der Waals surface area contributed by atoms with Crippen molar-refractivity contribution < 1.29 is 13.5 Å². The minimum Gasteiger partial charge on any atom is -0.388 e. The lowest BCUT2D eigenvalue weighted by atomic mass is 10.00. The van der Waals surface area contributed by atoms with Crippen LogP contribution in [0.15, 0.2) is 30.3 Å². The Kier molecular flexibility index (Phi) is 4.96. The first-order chi connectivity index (χ1) is 9.93. The van der Waals surface area contributed by atoms with Crippen LogP contribution in [0.1, 0.15) is 37.1 Å². The molecular weight excluding hydrogens is 286 g/mol. The van der Waals surface area contributed by atoms with Gasteiger partial charge in [-0.3, -0.25) is 4.98 Å². The van der Waals surface area contributed by atoms with Gasteiger partial charge in [0.2, 0.25) is 0 Å². The highest BCUT2D eigenvalue weighted by Gasteiger charge is 2.14. The number of benzene rings is 1. The Morgan fingerprint density at radius 3 is 2.71 bits per heavy atom. The molecule has 1 unspecified atom stereocenters. The molecule has 1 aromatic carbocycles. The van der Waals surface area contributed by atoms with Crippen LogP contribution in [0.4, 0.5) is 0 Å². The minimum absolute atomic E-state index is 0.128. The van der Waals surface area contributed by atoms with Crippen molar-refractivity contribution in [1.29, 1.82) is 0 Å². The first-order valence-corrected chi connectivity index (χ1v) is 9.00. The summed E-state index contributed by atoms with van der Waals surface area (Å²) in [5, 5.41) is 11.3. The quantitative estimate of drug-likeness (QED) is 0.891. The lowest BCUT2D eigenvalue weighted by molar-refractivity contribution is 0.168. The van der Waals surface area contributed by atoms with Crippen molar-refractivity contribution in [2.75, 3.05) is 11.5 Å². The van der Waals surface area contributed by atoms with Crippen LogP contribution in [0, 0.1) is 6.92 Å². The van der Waals surface area contributed by atoms with Gasteiger partial charge in [-0.15, -0.1) is 0 Å². The average molecular weight is 307 g/mol. The molecule has 0 saturated heterocycles. The van der Waals surface area contributed by atoms with Crippen molar-refractivity contribution in [2.45, 2.75) is 32.8 Å². The molecule has 1 atom stereocenters. The van der Waals surface area contributed by atoms with Gasteiger partial charge in [0.05, 0.1) is 17.4 Å². The number of sulfone groups is 1. The van der Waals surface area contributed by atoms with E-state index in [2.05, 4.69) is 4.98 Å². The number of aromatic nitrogens is 1. The lowest BCUT2D eigenvalue weighted by Gasteiger charge is -2.14. The lowest BCUT2D eigenvalue weighted by Crippen LogP contribution is -2.10. The molecule has 5 heteroatoms. The third-order valence-electron chi connectivity index (χ3n) is 3.61. The van der Waals surface area contributed by atoms with Crippen molar-refractivity contribution in [2.24, 2.45) is 0 Å². The number of fused-ring (bicyclic) bond motifs is 1. The monoisotopic (exact) mass is 307 g/mol. The molecular formula is C16H21NO3S. The largest absolute Gasteiger partial charge is 0.388 e. The van der Waals surface area contributed by atoms with E-state index < -0.39 is 15.9 Å². The van der Waals surface area contributed by atoms with Gasteiger partial charge in [0.1, 0.15) is 9.84 Å². The first kappa shape index (κ1) is 15.9. The van der Waals surface area contributed by atoms with E-state index in [0.29, 0.717) is 12.8 Å². The summed E-state index contributed by atoms with van der Waals surface area (Å²) in [7, 11) is -2.97. The third kappa shape index (κ3) is 4.02. The molecule has 0 amide bonds. The Bertz CT molecular complexity index is 725. The first-order valence-electron chi connectivity index (χ1n) is 7.17. The molecule has 0 saturated carbocycles. The zero-order valence-electron chi connectivity index (χ0n) is 12.4. The van der Waals surface area contributed by atoms with Crippen molar-refractivity contribution in [3.8, 4) is 0 Å². The summed E-state index contributed by atoms with van der Waals surface area (Å²) in [6, 6.07) is 9.56. The normalized spacial score (nSPS) is 13.5. The van der Waals surface area contributed by atoms with E-state index in [0.717, 1.165) is 22.2 Å². The molecule has 0 aliphatic carbocycles.